The van der Waals surface area contributed by atoms with Crippen LogP contribution in [0.25, 0.3) is 0 Å². The molecule has 0 aromatic carbocycles. The van der Waals surface area contributed by atoms with Gasteiger partial charge in [-0.2, -0.15) is 0 Å². The van der Waals surface area contributed by atoms with E-state index in [1.807, 2.05) is 5.41 Å². The Labute approximate surface area is 125 Å². The molecule has 2 aliphatic heterocycles. The Kier molecular flexibility index (Phi) is 4.02. The fourth-order valence-electron chi connectivity index (χ4n) is 2.06. The van der Waals surface area contributed by atoms with Crippen LogP contribution in [0.15, 0.2) is 16.1 Å². The first-order valence-corrected chi connectivity index (χ1v) is 8.26. The summed E-state index contributed by atoms with van der Waals surface area (Å²) in [5.41, 5.74) is 1.02. The molecule has 0 atom stereocenters. The predicted octanol–water partition coefficient (Wildman–Crippen LogP) is 2.08. The Hall–Kier alpha value is -1.41. The number of carbonyl (C=O) groups is 1. The number of thioether (sulfide) groups is 1. The van der Waals surface area contributed by atoms with Crippen LogP contribution in [0.4, 0.5) is 5.13 Å². The van der Waals surface area contributed by atoms with Gasteiger partial charge in [-0.25, -0.2) is 0 Å². The lowest BCUT2D eigenvalue weighted by Crippen LogP contribution is -2.24. The number of aryl methyl sites for hydroxylation is 1. The molecule has 3 heterocycles. The van der Waals surface area contributed by atoms with Gasteiger partial charge >= 0.3 is 0 Å². The lowest BCUT2D eigenvalue weighted by Gasteiger charge is -2.15. The Morgan fingerprint density at radius 1 is 1.50 bits per heavy atom. The normalized spacial score (nSPS) is 16.9. The van der Waals surface area contributed by atoms with Gasteiger partial charge in [0.25, 0.3) is 0 Å². The van der Waals surface area contributed by atoms with E-state index in [4.69, 9.17) is 0 Å². The van der Waals surface area contributed by atoms with Crippen LogP contribution >= 0.6 is 23.1 Å². The van der Waals surface area contributed by atoms with Crippen molar-refractivity contribution >= 4 is 39.3 Å². The van der Waals surface area contributed by atoms with Gasteiger partial charge in [-0.15, -0.1) is 10.2 Å². The lowest BCUT2D eigenvalue weighted by molar-refractivity contribution is -0.115. The number of aliphatic imine (C=N–C) groups is 1. The first-order valence-electron chi connectivity index (χ1n) is 6.56. The van der Waals surface area contributed by atoms with Crippen LogP contribution in [-0.2, 0) is 11.2 Å². The average Bonchev–Trinajstić information content (AvgIpc) is 3.09. The van der Waals surface area contributed by atoms with Crippen molar-refractivity contribution in [2.24, 2.45) is 4.99 Å². The molecule has 2 aliphatic rings. The summed E-state index contributed by atoms with van der Waals surface area (Å²) in [4.78, 5) is 18.5. The van der Waals surface area contributed by atoms with Crippen LogP contribution in [0.3, 0.4) is 0 Å². The molecular weight excluding hydrogens is 294 g/mol. The van der Waals surface area contributed by atoms with E-state index in [1.54, 1.807) is 11.8 Å². The summed E-state index contributed by atoms with van der Waals surface area (Å²) < 4.78 is 0. The van der Waals surface area contributed by atoms with E-state index in [0.29, 0.717) is 11.6 Å². The van der Waals surface area contributed by atoms with E-state index in [1.165, 1.54) is 11.3 Å². The van der Waals surface area contributed by atoms with Gasteiger partial charge in [0.05, 0.1) is 13.0 Å². The molecule has 0 aliphatic carbocycles. The second kappa shape index (κ2) is 5.92. The number of amides is 1. The van der Waals surface area contributed by atoms with Crippen LogP contribution in [0.5, 0.6) is 0 Å². The van der Waals surface area contributed by atoms with E-state index >= 15 is 0 Å². The zero-order chi connectivity index (χ0) is 13.9. The maximum atomic E-state index is 12.0. The van der Waals surface area contributed by atoms with Crippen molar-refractivity contribution in [3.05, 3.63) is 16.1 Å². The minimum Gasteiger partial charge on any atom is -0.322 e. The monoisotopic (exact) mass is 309 g/mol. The van der Waals surface area contributed by atoms with Gasteiger partial charge in [-0.1, -0.05) is 30.0 Å². The molecule has 6 nitrogen and oxygen atoms in total. The zero-order valence-corrected chi connectivity index (χ0v) is 12.8. The molecule has 1 aromatic heterocycles. The number of nitrogens with zero attached hydrogens (tertiary/aromatic N) is 4. The SMILES string of the molecule is CCCc1nnc(NC(=O)CC2=CSC3=NCCN23)s1. The van der Waals surface area contributed by atoms with Crippen molar-refractivity contribution in [2.45, 2.75) is 26.2 Å². The average molecular weight is 309 g/mol. The Morgan fingerprint density at radius 2 is 2.40 bits per heavy atom. The fraction of sp³-hybridized carbons (Fsp3) is 0.500. The number of nitrogens with one attached hydrogen (secondary N) is 1. The van der Waals surface area contributed by atoms with Crippen molar-refractivity contribution in [3.8, 4) is 0 Å². The van der Waals surface area contributed by atoms with Crippen LogP contribution in [0.2, 0.25) is 0 Å². The second-order valence-corrected chi connectivity index (χ2v) is 6.42. The summed E-state index contributed by atoms with van der Waals surface area (Å²) in [5, 5.41) is 15.4. The molecule has 8 heteroatoms. The predicted molar refractivity (Wildman–Crippen MR) is 81.8 cm³/mol. The maximum absolute atomic E-state index is 12.0. The molecule has 0 saturated heterocycles. The van der Waals surface area contributed by atoms with Gasteiger partial charge in [0.1, 0.15) is 5.01 Å². The molecule has 0 radical (unpaired) electrons. The molecule has 20 heavy (non-hydrogen) atoms. The topological polar surface area (TPSA) is 70.5 Å². The molecule has 0 bridgehead atoms. The highest BCUT2D eigenvalue weighted by Gasteiger charge is 2.27. The molecule has 1 amide bonds. The maximum Gasteiger partial charge on any atom is 0.232 e. The van der Waals surface area contributed by atoms with Crippen LogP contribution in [-0.4, -0.2) is 39.3 Å². The smallest absolute Gasteiger partial charge is 0.232 e. The number of fused-ring (bicyclic) bond motifs is 1. The van der Waals surface area contributed by atoms with E-state index in [9.17, 15) is 4.79 Å². The highest BCUT2D eigenvalue weighted by Crippen LogP contribution is 2.31. The van der Waals surface area contributed by atoms with Crippen molar-refractivity contribution in [1.82, 2.24) is 15.1 Å². The molecule has 3 rings (SSSR count). The highest BCUT2D eigenvalue weighted by molar-refractivity contribution is 8.16. The number of anilines is 1. The minimum atomic E-state index is -0.0517. The number of amidine groups is 1. The third-order valence-electron chi connectivity index (χ3n) is 2.97. The summed E-state index contributed by atoms with van der Waals surface area (Å²) in [7, 11) is 0. The fourth-order valence-corrected chi connectivity index (χ4v) is 3.87. The lowest BCUT2D eigenvalue weighted by atomic mass is 10.3. The first kappa shape index (κ1) is 13.6. The van der Waals surface area contributed by atoms with Gasteiger partial charge in [0.15, 0.2) is 5.17 Å². The molecule has 1 aromatic rings. The van der Waals surface area contributed by atoms with Crippen molar-refractivity contribution in [1.29, 1.82) is 0 Å². The molecule has 0 saturated carbocycles. The molecule has 1 N–H and O–H groups in total. The molecule has 0 fully saturated rings. The summed E-state index contributed by atoms with van der Waals surface area (Å²) in [6, 6.07) is 0. The Morgan fingerprint density at radius 3 is 3.25 bits per heavy atom. The van der Waals surface area contributed by atoms with Crippen LogP contribution < -0.4 is 5.32 Å². The second-order valence-electron chi connectivity index (χ2n) is 4.52. The molecular formula is C12H15N5OS2. The zero-order valence-electron chi connectivity index (χ0n) is 11.1. The van der Waals surface area contributed by atoms with Gasteiger partial charge in [-0.05, 0) is 11.8 Å². The van der Waals surface area contributed by atoms with Crippen molar-refractivity contribution in [2.75, 3.05) is 18.4 Å². The van der Waals surface area contributed by atoms with Gasteiger partial charge in [0.2, 0.25) is 11.0 Å². The van der Waals surface area contributed by atoms with E-state index in [2.05, 4.69) is 32.3 Å². The minimum absolute atomic E-state index is 0.0517. The van der Waals surface area contributed by atoms with Crippen LogP contribution in [0, 0.1) is 0 Å². The largest absolute Gasteiger partial charge is 0.322 e. The van der Waals surface area contributed by atoms with Gasteiger partial charge in [0, 0.05) is 18.7 Å². The quantitative estimate of drug-likeness (QED) is 0.901. The molecule has 0 unspecified atom stereocenters. The third kappa shape index (κ3) is 2.85. The Balaban J connectivity index is 1.55. The van der Waals surface area contributed by atoms with Gasteiger partial charge in [-0.3, -0.25) is 9.79 Å². The standard InChI is InChI=1S/C12H15N5OS2/c1-2-3-10-15-16-11(20-10)14-9(18)6-8-7-19-12-13-4-5-17(8)12/h7H,2-6H2,1H3,(H,14,16,18). The van der Waals surface area contributed by atoms with E-state index in [-0.39, 0.29) is 5.91 Å². The highest BCUT2D eigenvalue weighted by atomic mass is 32.2. The number of aromatic nitrogens is 2. The summed E-state index contributed by atoms with van der Waals surface area (Å²) >= 11 is 3.04. The Bertz CT molecular complexity index is 580. The number of rotatable bonds is 5. The number of carbonyl (C=O) groups excluding carboxylic acids is 1. The molecule has 0 spiro atoms. The van der Waals surface area contributed by atoms with E-state index in [0.717, 1.165) is 41.8 Å². The van der Waals surface area contributed by atoms with Crippen LogP contribution in [0.1, 0.15) is 24.8 Å². The third-order valence-corrected chi connectivity index (χ3v) is 4.82. The molecule has 106 valence electrons. The van der Waals surface area contributed by atoms with Crippen molar-refractivity contribution < 1.29 is 4.79 Å². The summed E-state index contributed by atoms with van der Waals surface area (Å²) in [6.07, 6.45) is 2.29. The summed E-state index contributed by atoms with van der Waals surface area (Å²) in [5.74, 6) is -0.0517. The van der Waals surface area contributed by atoms with Crippen molar-refractivity contribution in [3.63, 3.8) is 0 Å². The van der Waals surface area contributed by atoms with E-state index < -0.39 is 0 Å². The number of hydrogen-bond acceptors (Lipinski definition) is 7. The summed E-state index contributed by atoms with van der Waals surface area (Å²) in [6.45, 7) is 3.79. The first-order chi connectivity index (χ1) is 9.76. The number of hydrogen-bond donors (Lipinski definition) is 1. The van der Waals surface area contributed by atoms with Gasteiger partial charge < -0.3 is 10.2 Å².